The van der Waals surface area contributed by atoms with E-state index in [0.717, 1.165) is 12.3 Å². The first-order valence-electron chi connectivity index (χ1n) is 9.21. The van der Waals surface area contributed by atoms with E-state index in [1.54, 1.807) is 0 Å². The first-order valence-corrected chi connectivity index (χ1v) is 9.21. The Morgan fingerprint density at radius 3 is 2.48 bits per heavy atom. The third-order valence-electron chi connectivity index (χ3n) is 6.50. The summed E-state index contributed by atoms with van der Waals surface area (Å²) in [5.74, 6) is 2.47. The van der Waals surface area contributed by atoms with Crippen LogP contribution in [-0.4, -0.2) is 29.1 Å². The maximum absolute atomic E-state index is 12.9. The summed E-state index contributed by atoms with van der Waals surface area (Å²) < 4.78 is 0. The summed E-state index contributed by atoms with van der Waals surface area (Å²) in [4.78, 5) is 15.2. The van der Waals surface area contributed by atoms with E-state index in [-0.39, 0.29) is 6.04 Å². The smallest absolute Gasteiger partial charge is 0.241 e. The average Bonchev–Trinajstić information content (AvgIpc) is 3.10. The molecule has 3 fully saturated rings. The van der Waals surface area contributed by atoms with E-state index >= 15 is 0 Å². The molecule has 3 rings (SSSR count). The highest BCUT2D eigenvalue weighted by Gasteiger charge is 2.47. The summed E-state index contributed by atoms with van der Waals surface area (Å²) in [6, 6.07) is 0.538. The molecule has 120 valence electrons. The zero-order valence-corrected chi connectivity index (χ0v) is 14.0. The van der Waals surface area contributed by atoms with Gasteiger partial charge >= 0.3 is 0 Å². The van der Waals surface area contributed by atoms with Gasteiger partial charge in [0.2, 0.25) is 5.91 Å². The van der Waals surface area contributed by atoms with E-state index < -0.39 is 0 Å². The van der Waals surface area contributed by atoms with Crippen LogP contribution in [0.1, 0.15) is 72.1 Å². The van der Waals surface area contributed by atoms with Gasteiger partial charge < -0.3 is 4.90 Å². The van der Waals surface area contributed by atoms with Gasteiger partial charge in [0.15, 0.2) is 0 Å². The molecule has 0 aromatic heterocycles. The third kappa shape index (κ3) is 2.74. The van der Waals surface area contributed by atoms with E-state index in [2.05, 4.69) is 31.0 Å². The van der Waals surface area contributed by atoms with E-state index in [4.69, 9.17) is 0 Å². The van der Waals surface area contributed by atoms with Crippen LogP contribution >= 0.6 is 0 Å². The fraction of sp³-hybridized carbons (Fsp3) is 0.944. The van der Waals surface area contributed by atoms with Crippen molar-refractivity contribution in [3.05, 3.63) is 0 Å². The van der Waals surface area contributed by atoms with Crippen LogP contribution in [0.4, 0.5) is 0 Å². The van der Waals surface area contributed by atoms with Crippen LogP contribution < -0.4 is 5.32 Å². The van der Waals surface area contributed by atoms with E-state index in [1.807, 2.05) is 0 Å². The summed E-state index contributed by atoms with van der Waals surface area (Å²) in [6.07, 6.45) is 10.4. The van der Waals surface area contributed by atoms with Crippen molar-refractivity contribution in [1.29, 1.82) is 0 Å². The lowest BCUT2D eigenvalue weighted by Crippen LogP contribution is -2.52. The summed E-state index contributed by atoms with van der Waals surface area (Å²) >= 11 is 0. The van der Waals surface area contributed by atoms with Gasteiger partial charge in [-0.3, -0.25) is 10.1 Å². The minimum Gasteiger partial charge on any atom is -0.322 e. The number of carbonyl (C=O) groups is 1. The molecule has 1 amide bonds. The number of amides is 1. The van der Waals surface area contributed by atoms with Crippen molar-refractivity contribution in [2.75, 3.05) is 0 Å². The normalized spacial score (nSPS) is 42.0. The molecule has 3 nitrogen and oxygen atoms in total. The van der Waals surface area contributed by atoms with Crippen molar-refractivity contribution < 1.29 is 4.79 Å². The molecule has 0 aromatic carbocycles. The summed E-state index contributed by atoms with van der Waals surface area (Å²) in [5.41, 5.74) is 0. The summed E-state index contributed by atoms with van der Waals surface area (Å²) in [5, 5.41) is 3.69. The number of nitrogens with one attached hydrogen (secondary N) is 1. The number of hydrogen-bond donors (Lipinski definition) is 1. The van der Waals surface area contributed by atoms with Crippen molar-refractivity contribution >= 4 is 5.91 Å². The molecular weight excluding hydrogens is 260 g/mol. The third-order valence-corrected chi connectivity index (χ3v) is 6.50. The molecule has 2 saturated carbocycles. The topological polar surface area (TPSA) is 32.3 Å². The highest BCUT2D eigenvalue weighted by Crippen LogP contribution is 2.39. The SMILES string of the molecule is CCC1NC(C2CCCC2)N(C2CCCC(C)C2C)C1=O. The Bertz CT molecular complexity index is 377. The maximum Gasteiger partial charge on any atom is 0.241 e. The molecular formula is C18H32N2O. The van der Waals surface area contributed by atoms with E-state index in [9.17, 15) is 4.79 Å². The molecule has 1 aliphatic heterocycles. The molecule has 0 radical (unpaired) electrons. The predicted molar refractivity (Wildman–Crippen MR) is 85.8 cm³/mol. The minimum atomic E-state index is 0.0695. The largest absolute Gasteiger partial charge is 0.322 e. The number of carbonyl (C=O) groups excluding carboxylic acids is 1. The second-order valence-corrected chi connectivity index (χ2v) is 7.70. The molecule has 3 aliphatic rings. The Morgan fingerprint density at radius 2 is 1.81 bits per heavy atom. The fourth-order valence-corrected chi connectivity index (χ4v) is 4.92. The molecule has 5 unspecified atom stereocenters. The van der Waals surface area contributed by atoms with Gasteiger partial charge in [-0.15, -0.1) is 0 Å². The molecule has 1 N–H and O–H groups in total. The van der Waals surface area contributed by atoms with Gasteiger partial charge in [-0.2, -0.15) is 0 Å². The van der Waals surface area contributed by atoms with Crippen LogP contribution in [0.2, 0.25) is 0 Å². The quantitative estimate of drug-likeness (QED) is 0.863. The van der Waals surface area contributed by atoms with Gasteiger partial charge in [-0.25, -0.2) is 0 Å². The molecule has 0 aromatic rings. The number of nitrogens with zero attached hydrogens (tertiary/aromatic N) is 1. The molecule has 0 spiro atoms. The second kappa shape index (κ2) is 6.28. The minimum absolute atomic E-state index is 0.0695. The lowest BCUT2D eigenvalue weighted by Gasteiger charge is -2.43. The predicted octanol–water partition coefficient (Wildman–Crippen LogP) is 3.54. The molecule has 1 heterocycles. The zero-order chi connectivity index (χ0) is 15.0. The molecule has 3 heteroatoms. The van der Waals surface area contributed by atoms with E-state index in [0.29, 0.717) is 30.0 Å². The van der Waals surface area contributed by atoms with Gasteiger partial charge in [-0.05, 0) is 43.4 Å². The standard InChI is InChI=1S/C18H32N2O/c1-4-15-18(21)20(16-11-7-8-12(2)13(16)3)17(19-15)14-9-5-6-10-14/h12-17,19H,4-11H2,1-3H3. The highest BCUT2D eigenvalue weighted by atomic mass is 16.2. The summed E-state index contributed by atoms with van der Waals surface area (Å²) in [7, 11) is 0. The van der Waals surface area contributed by atoms with Gasteiger partial charge in [0.05, 0.1) is 12.2 Å². The van der Waals surface area contributed by atoms with Crippen LogP contribution in [0.3, 0.4) is 0 Å². The van der Waals surface area contributed by atoms with Gasteiger partial charge in [0.25, 0.3) is 0 Å². The van der Waals surface area contributed by atoms with Gasteiger partial charge in [0.1, 0.15) is 0 Å². The fourth-order valence-electron chi connectivity index (χ4n) is 4.92. The van der Waals surface area contributed by atoms with Gasteiger partial charge in [-0.1, -0.05) is 46.5 Å². The van der Waals surface area contributed by atoms with Crippen LogP contribution in [0, 0.1) is 17.8 Å². The Kier molecular flexibility index (Phi) is 4.58. The first kappa shape index (κ1) is 15.3. The molecule has 2 aliphatic carbocycles. The Balaban J connectivity index is 1.82. The monoisotopic (exact) mass is 292 g/mol. The number of hydrogen-bond acceptors (Lipinski definition) is 2. The zero-order valence-electron chi connectivity index (χ0n) is 14.0. The Labute approximate surface area is 129 Å². The molecule has 21 heavy (non-hydrogen) atoms. The van der Waals surface area contributed by atoms with Crippen molar-refractivity contribution in [3.63, 3.8) is 0 Å². The van der Waals surface area contributed by atoms with Crippen LogP contribution in [0.5, 0.6) is 0 Å². The van der Waals surface area contributed by atoms with Crippen molar-refractivity contribution in [1.82, 2.24) is 10.2 Å². The maximum atomic E-state index is 12.9. The second-order valence-electron chi connectivity index (χ2n) is 7.70. The lowest BCUT2D eigenvalue weighted by molar-refractivity contribution is -0.135. The highest BCUT2D eigenvalue weighted by molar-refractivity contribution is 5.84. The van der Waals surface area contributed by atoms with Crippen molar-refractivity contribution in [2.45, 2.75) is 90.4 Å². The van der Waals surface area contributed by atoms with Crippen LogP contribution in [-0.2, 0) is 4.79 Å². The molecule has 1 saturated heterocycles. The lowest BCUT2D eigenvalue weighted by atomic mass is 9.77. The molecule has 0 bridgehead atoms. The number of rotatable bonds is 3. The Hall–Kier alpha value is -0.570. The molecule has 5 atom stereocenters. The first-order chi connectivity index (χ1) is 10.1. The van der Waals surface area contributed by atoms with Crippen molar-refractivity contribution in [3.8, 4) is 0 Å². The van der Waals surface area contributed by atoms with Crippen LogP contribution in [0.25, 0.3) is 0 Å². The Morgan fingerprint density at radius 1 is 1.10 bits per heavy atom. The van der Waals surface area contributed by atoms with Crippen molar-refractivity contribution in [2.24, 2.45) is 17.8 Å². The van der Waals surface area contributed by atoms with Gasteiger partial charge in [0, 0.05) is 6.04 Å². The average molecular weight is 292 g/mol. The van der Waals surface area contributed by atoms with Crippen LogP contribution in [0.15, 0.2) is 0 Å². The summed E-state index contributed by atoms with van der Waals surface area (Å²) in [6.45, 7) is 6.87. The van der Waals surface area contributed by atoms with E-state index in [1.165, 1.54) is 44.9 Å².